The molecule has 13 nitrogen and oxygen atoms in total. The lowest BCUT2D eigenvalue weighted by molar-refractivity contribution is -0.0354. The molecule has 1 fully saturated rings. The SMILES string of the molecule is CN(Cc1ccccc1)c1nc(Cl)nc2c1ncn2[C@@H]1O[C@H](CCP(=O)(O)CP(=O)(O)O)C(O)C1O. The number of aliphatic hydroxyl groups excluding tert-OH is 2. The van der Waals surface area contributed by atoms with Crippen molar-refractivity contribution in [1.82, 2.24) is 19.5 Å². The van der Waals surface area contributed by atoms with Crippen molar-refractivity contribution in [2.75, 3.05) is 24.0 Å². The highest BCUT2D eigenvalue weighted by molar-refractivity contribution is 7.72. The Morgan fingerprint density at radius 1 is 1.11 bits per heavy atom. The Labute approximate surface area is 211 Å². The third-order valence-corrected chi connectivity index (χ3v) is 10.1. The molecule has 0 radical (unpaired) electrons. The number of benzene rings is 1. The monoisotopic (exact) mass is 561 g/mol. The van der Waals surface area contributed by atoms with Gasteiger partial charge >= 0.3 is 7.60 Å². The quantitative estimate of drug-likeness (QED) is 0.187. The summed E-state index contributed by atoms with van der Waals surface area (Å²) in [6.07, 6.45) is -4.44. The molecule has 3 aromatic rings. The summed E-state index contributed by atoms with van der Waals surface area (Å²) < 4.78 is 30.4. The van der Waals surface area contributed by atoms with Crippen LogP contribution in [0.3, 0.4) is 0 Å². The predicted octanol–water partition coefficient (Wildman–Crippen LogP) is 1.53. The van der Waals surface area contributed by atoms with Crippen molar-refractivity contribution in [3.8, 4) is 0 Å². The summed E-state index contributed by atoms with van der Waals surface area (Å²) in [5.74, 6) is -0.730. The van der Waals surface area contributed by atoms with E-state index in [4.69, 9.17) is 26.1 Å². The molecular weight excluding hydrogens is 536 g/mol. The Hall–Kier alpha value is -1.92. The zero-order valence-corrected chi connectivity index (χ0v) is 21.6. The molecule has 0 bridgehead atoms. The van der Waals surface area contributed by atoms with Crippen LogP contribution in [-0.4, -0.2) is 81.8 Å². The van der Waals surface area contributed by atoms with Crippen LogP contribution in [0.5, 0.6) is 0 Å². The van der Waals surface area contributed by atoms with E-state index in [2.05, 4.69) is 15.0 Å². The van der Waals surface area contributed by atoms with Crippen molar-refractivity contribution >= 4 is 43.5 Å². The first-order valence-corrected chi connectivity index (χ1v) is 15.1. The second kappa shape index (κ2) is 10.4. The number of rotatable bonds is 9. The number of halogens is 1. The second-order valence-electron chi connectivity index (χ2n) is 8.69. The molecule has 5 N–H and O–H groups in total. The molecule has 1 aliphatic rings. The minimum absolute atomic E-state index is 0.0672. The molecule has 4 rings (SSSR count). The molecule has 3 heterocycles. The molecule has 196 valence electrons. The molecule has 0 aliphatic carbocycles. The third-order valence-electron chi connectivity index (χ3n) is 5.78. The molecule has 2 aromatic heterocycles. The maximum atomic E-state index is 12.1. The topological polar surface area (TPSA) is 191 Å². The van der Waals surface area contributed by atoms with E-state index in [0.717, 1.165) is 5.56 Å². The van der Waals surface area contributed by atoms with E-state index in [1.54, 1.807) is 0 Å². The van der Waals surface area contributed by atoms with Crippen molar-refractivity contribution in [1.29, 1.82) is 0 Å². The Bertz CT molecular complexity index is 1320. The first-order valence-electron chi connectivity index (χ1n) is 10.9. The van der Waals surface area contributed by atoms with Crippen LogP contribution in [0, 0.1) is 0 Å². The highest BCUT2D eigenvalue weighted by Gasteiger charge is 2.45. The van der Waals surface area contributed by atoms with Gasteiger partial charge in [-0.25, -0.2) is 4.98 Å². The maximum Gasteiger partial charge on any atom is 0.335 e. The van der Waals surface area contributed by atoms with Gasteiger partial charge in [0.05, 0.1) is 12.4 Å². The Morgan fingerprint density at radius 2 is 1.81 bits per heavy atom. The van der Waals surface area contributed by atoms with Crippen LogP contribution in [0.25, 0.3) is 11.2 Å². The highest BCUT2D eigenvalue weighted by atomic mass is 35.5. The van der Waals surface area contributed by atoms with Crippen molar-refractivity contribution in [3.05, 3.63) is 47.5 Å². The zero-order valence-electron chi connectivity index (χ0n) is 19.1. The first kappa shape index (κ1) is 27.1. The van der Waals surface area contributed by atoms with Gasteiger partial charge in [-0.15, -0.1) is 0 Å². The molecule has 3 unspecified atom stereocenters. The van der Waals surface area contributed by atoms with Crippen molar-refractivity contribution in [2.24, 2.45) is 0 Å². The number of anilines is 1. The maximum absolute atomic E-state index is 12.1. The van der Waals surface area contributed by atoms with Gasteiger partial charge in [-0.1, -0.05) is 30.3 Å². The lowest BCUT2D eigenvalue weighted by Crippen LogP contribution is -2.32. The summed E-state index contributed by atoms with van der Waals surface area (Å²) in [6, 6.07) is 9.68. The van der Waals surface area contributed by atoms with E-state index in [9.17, 15) is 24.2 Å². The number of ether oxygens (including phenoxy) is 1. The predicted molar refractivity (Wildman–Crippen MR) is 131 cm³/mol. The van der Waals surface area contributed by atoms with E-state index >= 15 is 0 Å². The average Bonchev–Trinajstić information content (AvgIpc) is 3.31. The molecule has 1 saturated heterocycles. The van der Waals surface area contributed by atoms with Gasteiger partial charge in [-0.3, -0.25) is 13.7 Å². The zero-order chi connectivity index (χ0) is 26.3. The fourth-order valence-electron chi connectivity index (χ4n) is 4.15. The molecule has 1 aliphatic heterocycles. The molecule has 0 amide bonds. The Morgan fingerprint density at radius 3 is 2.47 bits per heavy atom. The molecule has 1 aromatic carbocycles. The minimum atomic E-state index is -4.70. The number of hydrogen-bond acceptors (Lipinski definition) is 9. The summed E-state index contributed by atoms with van der Waals surface area (Å²) in [5, 5.41) is 21.1. The van der Waals surface area contributed by atoms with Crippen LogP contribution < -0.4 is 4.90 Å². The molecule has 0 spiro atoms. The molecule has 16 heteroatoms. The van der Waals surface area contributed by atoms with Crippen LogP contribution in [0.1, 0.15) is 18.2 Å². The second-order valence-corrected chi connectivity index (χ2v) is 13.6. The smallest absolute Gasteiger partial charge is 0.335 e. The number of imidazole rings is 1. The van der Waals surface area contributed by atoms with E-state index in [0.29, 0.717) is 17.9 Å². The van der Waals surface area contributed by atoms with Crippen LogP contribution in [-0.2, 0) is 20.4 Å². The van der Waals surface area contributed by atoms with Crippen molar-refractivity contribution in [2.45, 2.75) is 37.5 Å². The van der Waals surface area contributed by atoms with Crippen LogP contribution >= 0.6 is 26.6 Å². The largest absolute Gasteiger partial charge is 0.388 e. The number of aromatic nitrogens is 4. The first-order chi connectivity index (χ1) is 16.8. The average molecular weight is 562 g/mol. The van der Waals surface area contributed by atoms with E-state index in [1.807, 2.05) is 42.3 Å². The summed E-state index contributed by atoms with van der Waals surface area (Å²) in [6.45, 7) is 0.509. The van der Waals surface area contributed by atoms with Gasteiger partial charge in [-0.05, 0) is 23.6 Å². The van der Waals surface area contributed by atoms with E-state index in [-0.39, 0.29) is 17.4 Å². The number of hydrogen-bond donors (Lipinski definition) is 5. The fourth-order valence-corrected chi connectivity index (χ4v) is 7.83. The third kappa shape index (κ3) is 6.13. The number of nitrogens with zero attached hydrogens (tertiary/aromatic N) is 5. The van der Waals surface area contributed by atoms with E-state index in [1.165, 1.54) is 10.9 Å². The van der Waals surface area contributed by atoms with Crippen molar-refractivity contribution < 1.29 is 38.8 Å². The van der Waals surface area contributed by atoms with Crippen LogP contribution in [0.4, 0.5) is 5.82 Å². The Kier molecular flexibility index (Phi) is 7.87. The van der Waals surface area contributed by atoms with Gasteiger partial charge in [0.2, 0.25) is 12.7 Å². The molecule has 36 heavy (non-hydrogen) atoms. The van der Waals surface area contributed by atoms with Crippen LogP contribution in [0.2, 0.25) is 5.28 Å². The van der Waals surface area contributed by atoms with E-state index < -0.39 is 51.6 Å². The standard InChI is InChI=1S/C20H26ClN5O8P2/c1-25(9-12-5-3-2-4-6-12)17-14-18(24-20(21)23-17)26(10-22-14)19-16(28)15(27)13(34-19)7-8-35(29,30)11-36(31,32)33/h2-6,10,13,15-16,19,27-28H,7-9,11H2,1H3,(H,29,30)(H2,31,32,33)/t13-,15?,16?,19-/m1/s1. The van der Waals surface area contributed by atoms with Gasteiger partial charge < -0.3 is 34.5 Å². The summed E-state index contributed by atoms with van der Waals surface area (Å²) >= 11 is 6.19. The lowest BCUT2D eigenvalue weighted by atomic mass is 10.1. The Balaban J connectivity index is 1.56. The summed E-state index contributed by atoms with van der Waals surface area (Å²) in [4.78, 5) is 42.6. The van der Waals surface area contributed by atoms with Crippen LogP contribution in [0.15, 0.2) is 36.7 Å². The van der Waals surface area contributed by atoms with Gasteiger partial charge in [-0.2, -0.15) is 9.97 Å². The van der Waals surface area contributed by atoms with Gasteiger partial charge in [0.15, 0.2) is 23.2 Å². The van der Waals surface area contributed by atoms with Gasteiger partial charge in [0.1, 0.15) is 18.1 Å². The molecule has 5 atom stereocenters. The van der Waals surface area contributed by atoms with Crippen molar-refractivity contribution in [3.63, 3.8) is 0 Å². The normalized spacial score (nSPS) is 24.2. The summed E-state index contributed by atoms with van der Waals surface area (Å²) in [5.41, 5.74) is 1.66. The fraction of sp³-hybridized carbons (Fsp3) is 0.450. The van der Waals surface area contributed by atoms with Gasteiger partial charge in [0.25, 0.3) is 0 Å². The summed E-state index contributed by atoms with van der Waals surface area (Å²) in [7, 11) is -7.07. The number of fused-ring (bicyclic) bond motifs is 1. The molecular formula is C20H26ClN5O8P2. The minimum Gasteiger partial charge on any atom is -0.388 e. The number of aliphatic hydroxyl groups is 2. The van der Waals surface area contributed by atoms with Gasteiger partial charge in [0, 0.05) is 19.8 Å². The lowest BCUT2D eigenvalue weighted by Gasteiger charge is -2.20. The molecule has 0 saturated carbocycles. The highest BCUT2D eigenvalue weighted by Crippen LogP contribution is 2.55.